The molecule has 0 spiro atoms. The minimum atomic E-state index is -0.0210. The van der Waals surface area contributed by atoms with Crippen LogP contribution in [0.3, 0.4) is 0 Å². The smallest absolute Gasteiger partial charge is 0.321 e. The van der Waals surface area contributed by atoms with Gasteiger partial charge in [0.15, 0.2) is 0 Å². The quantitative estimate of drug-likeness (QED) is 0.809. The summed E-state index contributed by atoms with van der Waals surface area (Å²) in [5.74, 6) is 3.21. The number of urea groups is 1. The molecule has 3 heteroatoms. The number of hydrogen-bond acceptors (Lipinski definition) is 1. The van der Waals surface area contributed by atoms with E-state index >= 15 is 0 Å². The summed E-state index contributed by atoms with van der Waals surface area (Å²) in [4.78, 5) is 14.1. The fraction of sp³-hybridized carbons (Fsp3) is 0.438. The summed E-state index contributed by atoms with van der Waals surface area (Å²) in [6.07, 6.45) is 8.81. The summed E-state index contributed by atoms with van der Waals surface area (Å²) in [6.45, 7) is 3.89. The van der Waals surface area contributed by atoms with Crippen molar-refractivity contribution in [1.82, 2.24) is 4.90 Å². The van der Waals surface area contributed by atoms with Crippen molar-refractivity contribution in [2.45, 2.75) is 26.2 Å². The first kappa shape index (κ1) is 13.5. The molecule has 1 fully saturated rings. The highest BCUT2D eigenvalue weighted by molar-refractivity contribution is 5.89. The van der Waals surface area contributed by atoms with E-state index in [4.69, 9.17) is 6.42 Å². The molecule has 19 heavy (non-hydrogen) atoms. The lowest BCUT2D eigenvalue weighted by Crippen LogP contribution is -2.42. The number of amides is 2. The summed E-state index contributed by atoms with van der Waals surface area (Å²) >= 11 is 0. The SMILES string of the molecule is C#Cc1cccc(NC(=O)N2CCC[C@H](CC)C2)c1. The van der Waals surface area contributed by atoms with Crippen molar-refractivity contribution in [3.05, 3.63) is 29.8 Å². The number of benzene rings is 1. The van der Waals surface area contributed by atoms with Crippen LogP contribution in [-0.4, -0.2) is 24.0 Å². The van der Waals surface area contributed by atoms with Crippen LogP contribution in [-0.2, 0) is 0 Å². The second-order valence-electron chi connectivity index (χ2n) is 5.02. The number of terminal acetylenes is 1. The van der Waals surface area contributed by atoms with Gasteiger partial charge in [-0.25, -0.2) is 4.79 Å². The summed E-state index contributed by atoms with van der Waals surface area (Å²) in [7, 11) is 0. The number of nitrogens with zero attached hydrogens (tertiary/aromatic N) is 1. The molecule has 1 aliphatic rings. The van der Waals surface area contributed by atoms with Crippen LogP contribution in [0.5, 0.6) is 0 Å². The Morgan fingerprint density at radius 1 is 1.58 bits per heavy atom. The lowest BCUT2D eigenvalue weighted by Gasteiger charge is -2.32. The minimum absolute atomic E-state index is 0.0210. The normalized spacial score (nSPS) is 18.7. The lowest BCUT2D eigenvalue weighted by molar-refractivity contribution is 0.176. The van der Waals surface area contributed by atoms with Crippen molar-refractivity contribution in [2.75, 3.05) is 18.4 Å². The topological polar surface area (TPSA) is 32.3 Å². The highest BCUT2D eigenvalue weighted by atomic mass is 16.2. The Morgan fingerprint density at radius 3 is 3.16 bits per heavy atom. The van der Waals surface area contributed by atoms with Crippen LogP contribution in [0.4, 0.5) is 10.5 Å². The van der Waals surface area contributed by atoms with Gasteiger partial charge in [-0.05, 0) is 37.0 Å². The highest BCUT2D eigenvalue weighted by Gasteiger charge is 2.22. The Hall–Kier alpha value is -1.95. The van der Waals surface area contributed by atoms with Gasteiger partial charge >= 0.3 is 6.03 Å². The second-order valence-corrected chi connectivity index (χ2v) is 5.02. The number of hydrogen-bond donors (Lipinski definition) is 1. The standard InChI is InChI=1S/C16H20N2O/c1-3-13-7-5-9-15(11-13)17-16(19)18-10-6-8-14(4-2)12-18/h1,5,7,9,11,14H,4,6,8,10,12H2,2H3,(H,17,19)/t14-/m0/s1. The molecule has 0 saturated carbocycles. The van der Waals surface area contributed by atoms with E-state index in [0.29, 0.717) is 5.92 Å². The molecular formula is C16H20N2O. The zero-order chi connectivity index (χ0) is 13.7. The van der Waals surface area contributed by atoms with Crippen molar-refractivity contribution < 1.29 is 4.79 Å². The van der Waals surface area contributed by atoms with Gasteiger partial charge in [0, 0.05) is 24.3 Å². The molecule has 2 amide bonds. The Bertz CT molecular complexity index is 490. The van der Waals surface area contributed by atoms with Crippen LogP contribution in [0.2, 0.25) is 0 Å². The zero-order valence-corrected chi connectivity index (χ0v) is 11.4. The van der Waals surface area contributed by atoms with Gasteiger partial charge in [0.25, 0.3) is 0 Å². The van der Waals surface area contributed by atoms with Gasteiger partial charge in [-0.15, -0.1) is 6.42 Å². The summed E-state index contributed by atoms with van der Waals surface area (Å²) < 4.78 is 0. The Kier molecular flexibility index (Phi) is 4.46. The zero-order valence-electron chi connectivity index (χ0n) is 11.4. The Morgan fingerprint density at radius 2 is 2.42 bits per heavy atom. The Balaban J connectivity index is 1.98. The van der Waals surface area contributed by atoms with Gasteiger partial charge in [-0.2, -0.15) is 0 Å². The van der Waals surface area contributed by atoms with Crippen molar-refractivity contribution in [2.24, 2.45) is 5.92 Å². The molecule has 3 nitrogen and oxygen atoms in total. The number of anilines is 1. The molecule has 1 atom stereocenters. The number of nitrogens with one attached hydrogen (secondary N) is 1. The summed E-state index contributed by atoms with van der Waals surface area (Å²) in [6, 6.07) is 7.37. The molecule has 0 radical (unpaired) electrons. The average molecular weight is 256 g/mol. The van der Waals surface area contributed by atoms with Gasteiger partial charge in [-0.3, -0.25) is 0 Å². The first-order valence-corrected chi connectivity index (χ1v) is 6.85. The predicted octanol–water partition coefficient (Wildman–Crippen LogP) is 3.32. The van der Waals surface area contributed by atoms with E-state index in [0.717, 1.165) is 37.2 Å². The maximum atomic E-state index is 12.2. The van der Waals surface area contributed by atoms with Crippen LogP contribution in [0.25, 0.3) is 0 Å². The number of carbonyl (C=O) groups excluding carboxylic acids is 1. The van der Waals surface area contributed by atoms with E-state index in [2.05, 4.69) is 18.2 Å². The van der Waals surface area contributed by atoms with E-state index in [1.165, 1.54) is 6.42 Å². The van der Waals surface area contributed by atoms with Crippen molar-refractivity contribution in [1.29, 1.82) is 0 Å². The minimum Gasteiger partial charge on any atom is -0.324 e. The van der Waals surface area contributed by atoms with Crippen molar-refractivity contribution >= 4 is 11.7 Å². The van der Waals surface area contributed by atoms with E-state index < -0.39 is 0 Å². The molecule has 0 aliphatic carbocycles. The van der Waals surface area contributed by atoms with Gasteiger partial charge < -0.3 is 10.2 Å². The molecule has 1 N–H and O–H groups in total. The predicted molar refractivity (Wildman–Crippen MR) is 78.0 cm³/mol. The van der Waals surface area contributed by atoms with Crippen LogP contribution >= 0.6 is 0 Å². The summed E-state index contributed by atoms with van der Waals surface area (Å²) in [5, 5.41) is 2.92. The molecule has 1 saturated heterocycles. The maximum Gasteiger partial charge on any atom is 0.321 e. The number of piperidine rings is 1. The number of rotatable bonds is 2. The molecule has 0 bridgehead atoms. The average Bonchev–Trinajstić information content (AvgIpc) is 2.47. The molecule has 1 heterocycles. The van der Waals surface area contributed by atoms with Crippen LogP contribution in [0.15, 0.2) is 24.3 Å². The van der Waals surface area contributed by atoms with Gasteiger partial charge in [-0.1, -0.05) is 25.3 Å². The van der Waals surface area contributed by atoms with Crippen LogP contribution < -0.4 is 5.32 Å². The lowest BCUT2D eigenvalue weighted by atomic mass is 9.96. The molecule has 0 unspecified atom stereocenters. The fourth-order valence-electron chi connectivity index (χ4n) is 2.47. The highest BCUT2D eigenvalue weighted by Crippen LogP contribution is 2.20. The second kappa shape index (κ2) is 6.29. The number of likely N-dealkylation sites (tertiary alicyclic amines) is 1. The Labute approximate surface area is 115 Å². The van der Waals surface area contributed by atoms with E-state index in [1.54, 1.807) is 0 Å². The molecular weight excluding hydrogens is 236 g/mol. The van der Waals surface area contributed by atoms with Gasteiger partial charge in [0.2, 0.25) is 0 Å². The van der Waals surface area contributed by atoms with E-state index in [9.17, 15) is 4.79 Å². The summed E-state index contributed by atoms with van der Waals surface area (Å²) in [5.41, 5.74) is 1.54. The van der Waals surface area contributed by atoms with Gasteiger partial charge in [0.05, 0.1) is 0 Å². The molecule has 1 aromatic carbocycles. The maximum absolute atomic E-state index is 12.2. The van der Waals surface area contributed by atoms with E-state index in [1.807, 2.05) is 29.2 Å². The molecule has 2 rings (SSSR count). The molecule has 100 valence electrons. The third-order valence-corrected chi connectivity index (χ3v) is 3.66. The fourth-order valence-corrected chi connectivity index (χ4v) is 2.47. The number of carbonyl (C=O) groups is 1. The van der Waals surface area contributed by atoms with Gasteiger partial charge in [0.1, 0.15) is 0 Å². The first-order chi connectivity index (χ1) is 9.22. The van der Waals surface area contributed by atoms with Crippen LogP contribution in [0, 0.1) is 18.3 Å². The van der Waals surface area contributed by atoms with Crippen LogP contribution in [0.1, 0.15) is 31.7 Å². The first-order valence-electron chi connectivity index (χ1n) is 6.85. The molecule has 0 aromatic heterocycles. The molecule has 1 aromatic rings. The van der Waals surface area contributed by atoms with E-state index in [-0.39, 0.29) is 6.03 Å². The third kappa shape index (κ3) is 3.51. The largest absolute Gasteiger partial charge is 0.324 e. The molecule has 1 aliphatic heterocycles. The monoisotopic (exact) mass is 256 g/mol. The van der Waals surface area contributed by atoms with Crippen molar-refractivity contribution in [3.63, 3.8) is 0 Å². The van der Waals surface area contributed by atoms with Crippen molar-refractivity contribution in [3.8, 4) is 12.3 Å². The third-order valence-electron chi connectivity index (χ3n) is 3.66.